The molecule has 2 aromatic rings. The van der Waals surface area contributed by atoms with Crippen LogP contribution in [0.2, 0.25) is 0 Å². The van der Waals surface area contributed by atoms with Crippen molar-refractivity contribution in [3.05, 3.63) is 41.6 Å². The van der Waals surface area contributed by atoms with Crippen molar-refractivity contribution in [1.29, 1.82) is 0 Å². The van der Waals surface area contributed by atoms with Gasteiger partial charge in [0.2, 0.25) is 0 Å². The molecule has 132 valence electrons. The predicted molar refractivity (Wildman–Crippen MR) is 97.5 cm³/mol. The molecule has 0 saturated carbocycles. The molecule has 1 fully saturated rings. The number of fused-ring (bicyclic) bond motifs is 1. The van der Waals surface area contributed by atoms with Crippen molar-refractivity contribution < 1.29 is 4.79 Å². The Morgan fingerprint density at radius 1 is 0.960 bits per heavy atom. The van der Waals surface area contributed by atoms with Crippen molar-refractivity contribution >= 4 is 6.03 Å². The molecule has 0 bridgehead atoms. The van der Waals surface area contributed by atoms with Crippen molar-refractivity contribution in [2.24, 2.45) is 0 Å². The highest BCUT2D eigenvalue weighted by Gasteiger charge is 2.27. The largest absolute Gasteiger partial charge is 0.324 e. The summed E-state index contributed by atoms with van der Waals surface area (Å²) in [5, 5.41) is 7.73. The number of benzene rings is 1. The molecule has 0 radical (unpaired) electrons. The summed E-state index contributed by atoms with van der Waals surface area (Å²) in [4.78, 5) is 19.1. The van der Waals surface area contributed by atoms with E-state index in [1.807, 2.05) is 28.0 Å². The van der Waals surface area contributed by atoms with Crippen LogP contribution >= 0.6 is 0 Å². The van der Waals surface area contributed by atoms with Crippen LogP contribution in [0.5, 0.6) is 0 Å². The lowest BCUT2D eigenvalue weighted by atomic mass is 10.0. The van der Waals surface area contributed by atoms with Crippen molar-refractivity contribution in [3.63, 3.8) is 0 Å². The Hall–Kier alpha value is -2.34. The molecule has 6 nitrogen and oxygen atoms in total. The zero-order valence-electron chi connectivity index (χ0n) is 14.7. The molecule has 1 N–H and O–H groups in total. The summed E-state index contributed by atoms with van der Waals surface area (Å²) >= 11 is 0. The topological polar surface area (TPSA) is 55.5 Å². The molecule has 1 aromatic heterocycles. The van der Waals surface area contributed by atoms with E-state index in [4.69, 9.17) is 0 Å². The Morgan fingerprint density at radius 3 is 2.40 bits per heavy atom. The van der Waals surface area contributed by atoms with Gasteiger partial charge < -0.3 is 14.7 Å². The van der Waals surface area contributed by atoms with Gasteiger partial charge in [-0.05, 0) is 13.5 Å². The summed E-state index contributed by atoms with van der Waals surface area (Å²) in [5.41, 5.74) is 4.61. The van der Waals surface area contributed by atoms with Gasteiger partial charge in [0.1, 0.15) is 0 Å². The van der Waals surface area contributed by atoms with E-state index in [1.54, 1.807) is 0 Å². The predicted octanol–water partition coefficient (Wildman–Crippen LogP) is 1.84. The van der Waals surface area contributed by atoms with Crippen molar-refractivity contribution in [2.75, 3.05) is 46.3 Å². The number of hydrogen-bond donors (Lipinski definition) is 1. The zero-order valence-corrected chi connectivity index (χ0v) is 14.7. The average molecular weight is 339 g/mol. The van der Waals surface area contributed by atoms with Crippen LogP contribution in [0.3, 0.4) is 0 Å². The molecule has 0 atom stereocenters. The Balaban J connectivity index is 1.47. The third-order valence-electron chi connectivity index (χ3n) is 5.31. The highest BCUT2D eigenvalue weighted by molar-refractivity contribution is 5.75. The van der Waals surface area contributed by atoms with Crippen LogP contribution in [0.15, 0.2) is 30.3 Å². The number of hydrogen-bond acceptors (Lipinski definition) is 3. The van der Waals surface area contributed by atoms with E-state index >= 15 is 0 Å². The van der Waals surface area contributed by atoms with Gasteiger partial charge >= 0.3 is 6.03 Å². The second kappa shape index (κ2) is 6.88. The maximum absolute atomic E-state index is 12.8. The Labute approximate surface area is 148 Å². The molecule has 2 amide bonds. The molecule has 25 heavy (non-hydrogen) atoms. The molecule has 1 aromatic carbocycles. The Kier molecular flexibility index (Phi) is 4.44. The van der Waals surface area contributed by atoms with Gasteiger partial charge in [-0.15, -0.1) is 0 Å². The molecule has 3 heterocycles. The fourth-order valence-electron chi connectivity index (χ4n) is 3.71. The van der Waals surface area contributed by atoms with Gasteiger partial charge in [-0.1, -0.05) is 30.3 Å². The van der Waals surface area contributed by atoms with Crippen molar-refractivity contribution in [1.82, 2.24) is 24.9 Å². The van der Waals surface area contributed by atoms with Crippen LogP contribution in [0.25, 0.3) is 11.3 Å². The molecular formula is C19H25N5O. The van der Waals surface area contributed by atoms with E-state index in [9.17, 15) is 4.79 Å². The maximum Gasteiger partial charge on any atom is 0.320 e. The number of carbonyl (C=O) groups excluding carboxylic acids is 1. The number of H-pyrrole nitrogens is 1. The quantitative estimate of drug-likeness (QED) is 0.863. The first kappa shape index (κ1) is 16.1. The monoisotopic (exact) mass is 339 g/mol. The van der Waals surface area contributed by atoms with Crippen LogP contribution < -0.4 is 0 Å². The van der Waals surface area contributed by atoms with Crippen molar-refractivity contribution in [2.45, 2.75) is 12.8 Å². The number of aromatic nitrogens is 2. The Bertz CT molecular complexity index is 734. The van der Waals surface area contributed by atoms with Gasteiger partial charge in [0.25, 0.3) is 0 Å². The van der Waals surface area contributed by atoms with Crippen molar-refractivity contribution in [3.8, 4) is 11.3 Å². The number of rotatable bonds is 1. The maximum atomic E-state index is 12.8. The molecule has 6 heteroatoms. The van der Waals surface area contributed by atoms with E-state index in [1.165, 1.54) is 11.3 Å². The molecule has 0 aliphatic carbocycles. The first-order valence-corrected chi connectivity index (χ1v) is 9.06. The number of carbonyl (C=O) groups is 1. The summed E-state index contributed by atoms with van der Waals surface area (Å²) in [6.45, 7) is 5.09. The summed E-state index contributed by atoms with van der Waals surface area (Å²) < 4.78 is 0. The molecule has 0 unspecified atom stereocenters. The van der Waals surface area contributed by atoms with Gasteiger partial charge in [-0.25, -0.2) is 4.79 Å². The summed E-state index contributed by atoms with van der Waals surface area (Å²) in [5.74, 6) is 0. The molecular weight excluding hydrogens is 314 g/mol. The van der Waals surface area contributed by atoms with Crippen LogP contribution in [-0.4, -0.2) is 77.2 Å². The summed E-state index contributed by atoms with van der Waals surface area (Å²) in [7, 11) is 2.11. The van der Waals surface area contributed by atoms with Gasteiger partial charge in [0.05, 0.1) is 5.69 Å². The van der Waals surface area contributed by atoms with E-state index < -0.39 is 0 Å². The third-order valence-corrected chi connectivity index (χ3v) is 5.31. The number of piperazine rings is 1. The lowest BCUT2D eigenvalue weighted by molar-refractivity contribution is 0.123. The van der Waals surface area contributed by atoms with Crippen LogP contribution in [-0.2, 0) is 12.8 Å². The minimum absolute atomic E-state index is 0.187. The van der Waals surface area contributed by atoms with E-state index in [0.29, 0.717) is 0 Å². The first-order chi connectivity index (χ1) is 12.2. The highest BCUT2D eigenvalue weighted by Crippen LogP contribution is 2.26. The number of amides is 2. The van der Waals surface area contributed by atoms with E-state index in [-0.39, 0.29) is 6.03 Å². The number of nitrogens with one attached hydrogen (secondary N) is 1. The highest BCUT2D eigenvalue weighted by atomic mass is 16.2. The molecule has 2 aliphatic rings. The smallest absolute Gasteiger partial charge is 0.320 e. The number of likely N-dealkylation sites (N-methyl/N-ethyl adjacent to an activating group) is 1. The minimum atomic E-state index is 0.187. The average Bonchev–Trinajstić information content (AvgIpc) is 2.94. The molecule has 4 rings (SSSR count). The fraction of sp³-hybridized carbons (Fsp3) is 0.474. The van der Waals surface area contributed by atoms with Crippen LogP contribution in [0.4, 0.5) is 4.79 Å². The van der Waals surface area contributed by atoms with Crippen LogP contribution in [0.1, 0.15) is 11.3 Å². The van der Waals surface area contributed by atoms with Gasteiger partial charge in [0, 0.05) is 62.5 Å². The van der Waals surface area contributed by atoms with E-state index in [2.05, 4.69) is 34.3 Å². The van der Waals surface area contributed by atoms with Crippen LogP contribution in [0, 0.1) is 0 Å². The SMILES string of the molecule is CN1CCN(C(=O)N2CCc3[nH]nc(-c4ccccc4)c3CC2)CC1. The Morgan fingerprint density at radius 2 is 1.64 bits per heavy atom. The first-order valence-electron chi connectivity index (χ1n) is 9.06. The molecule has 2 aliphatic heterocycles. The lowest BCUT2D eigenvalue weighted by Gasteiger charge is -2.35. The number of nitrogens with zero attached hydrogens (tertiary/aromatic N) is 4. The third kappa shape index (κ3) is 3.26. The summed E-state index contributed by atoms with van der Waals surface area (Å²) in [6, 6.07) is 10.5. The second-order valence-corrected chi connectivity index (χ2v) is 6.96. The van der Waals surface area contributed by atoms with Gasteiger partial charge in [-0.3, -0.25) is 5.10 Å². The van der Waals surface area contributed by atoms with Gasteiger partial charge in [0.15, 0.2) is 0 Å². The minimum Gasteiger partial charge on any atom is -0.324 e. The molecule has 0 spiro atoms. The normalized spacial score (nSPS) is 18.8. The second-order valence-electron chi connectivity index (χ2n) is 6.96. The lowest BCUT2D eigenvalue weighted by Crippen LogP contribution is -2.52. The standard InChI is InChI=1S/C19H25N5O/c1-22-11-13-24(14-12-22)19(25)23-9-7-16-17(8-10-23)20-21-18(16)15-5-3-2-4-6-15/h2-6H,7-14H2,1H3,(H,20,21). The van der Waals surface area contributed by atoms with E-state index in [0.717, 1.165) is 63.4 Å². The summed E-state index contributed by atoms with van der Waals surface area (Å²) in [6.07, 6.45) is 1.70. The zero-order chi connectivity index (χ0) is 17.2. The van der Waals surface area contributed by atoms with Gasteiger partial charge in [-0.2, -0.15) is 5.10 Å². The number of urea groups is 1. The fourth-order valence-corrected chi connectivity index (χ4v) is 3.71. The molecule has 1 saturated heterocycles. The number of aromatic amines is 1.